The van der Waals surface area contributed by atoms with E-state index in [-0.39, 0.29) is 29.2 Å². The number of esters is 1. The van der Waals surface area contributed by atoms with Gasteiger partial charge in [-0.25, -0.2) is 0 Å². The number of ketones is 1. The number of nitrogens with zero attached hydrogens (tertiary/aromatic N) is 1. The molecule has 0 saturated carbocycles. The summed E-state index contributed by atoms with van der Waals surface area (Å²) in [5.74, 6) is -1.36. The lowest BCUT2D eigenvalue weighted by molar-refractivity contribution is -0.150. The van der Waals surface area contributed by atoms with Crippen molar-refractivity contribution in [3.05, 3.63) is 41.5 Å². The van der Waals surface area contributed by atoms with Crippen LogP contribution >= 0.6 is 0 Å². The van der Waals surface area contributed by atoms with E-state index < -0.39 is 5.91 Å². The van der Waals surface area contributed by atoms with Gasteiger partial charge < -0.3 is 15.0 Å². The number of Topliss-reactive ketones (excluding diaryl/α,β-unsaturated/α-hetero) is 1. The van der Waals surface area contributed by atoms with Crippen LogP contribution in [0.3, 0.4) is 0 Å². The van der Waals surface area contributed by atoms with Crippen LogP contribution in [-0.2, 0) is 19.1 Å². The Labute approximate surface area is 164 Å². The fraction of sp³-hybridized carbons (Fsp3) is 0.429. The number of anilines is 1. The first kappa shape index (κ1) is 21.3. The Morgan fingerprint density at radius 2 is 1.86 bits per heavy atom. The molecule has 1 saturated heterocycles. The normalized spacial score (nSPS) is 17.0. The summed E-state index contributed by atoms with van der Waals surface area (Å²) in [6.45, 7) is 5.95. The number of ether oxygens (including phenoxy) is 1. The molecular weight excluding hydrogens is 360 g/mol. The molecule has 2 rings (SSSR count). The maximum Gasteiger partial charge on any atom is 0.310 e. The van der Waals surface area contributed by atoms with Crippen molar-refractivity contribution in [2.75, 3.05) is 25.0 Å². The van der Waals surface area contributed by atoms with Gasteiger partial charge in [0, 0.05) is 36.0 Å². The van der Waals surface area contributed by atoms with Crippen LogP contribution in [0, 0.1) is 5.92 Å². The van der Waals surface area contributed by atoms with Crippen molar-refractivity contribution in [2.24, 2.45) is 5.92 Å². The minimum Gasteiger partial charge on any atom is -0.466 e. The highest BCUT2D eigenvalue weighted by molar-refractivity contribution is 6.07. The lowest BCUT2D eigenvalue weighted by Gasteiger charge is -2.30. The summed E-state index contributed by atoms with van der Waals surface area (Å²) >= 11 is 0. The standard InChI is InChI=1S/C21H26N2O5/c1-4-28-21(27)17-6-5-11-23(13-17)19(25)12-14(2)20(26)22-18-9-7-16(8-10-18)15(3)24/h7-10,12,17H,4-6,11,13H2,1-3H3,(H,22,26)/b14-12-. The van der Waals surface area contributed by atoms with Crippen LogP contribution in [0.5, 0.6) is 0 Å². The second-order valence-corrected chi connectivity index (χ2v) is 6.79. The predicted octanol–water partition coefficient (Wildman–Crippen LogP) is 2.58. The lowest BCUT2D eigenvalue weighted by atomic mass is 9.98. The number of hydrogen-bond acceptors (Lipinski definition) is 5. The number of nitrogens with one attached hydrogen (secondary N) is 1. The molecule has 7 heteroatoms. The molecule has 2 amide bonds. The summed E-state index contributed by atoms with van der Waals surface area (Å²) in [5, 5.41) is 2.70. The highest BCUT2D eigenvalue weighted by Crippen LogP contribution is 2.19. The molecule has 1 aromatic carbocycles. The maximum absolute atomic E-state index is 12.5. The van der Waals surface area contributed by atoms with E-state index in [1.807, 2.05) is 0 Å². The fourth-order valence-electron chi connectivity index (χ4n) is 2.99. The molecule has 150 valence electrons. The molecule has 0 spiro atoms. The molecule has 1 fully saturated rings. The number of hydrogen-bond donors (Lipinski definition) is 1. The largest absolute Gasteiger partial charge is 0.466 e. The molecule has 7 nitrogen and oxygen atoms in total. The third-order valence-corrected chi connectivity index (χ3v) is 4.60. The van der Waals surface area contributed by atoms with Gasteiger partial charge in [-0.15, -0.1) is 0 Å². The van der Waals surface area contributed by atoms with Crippen molar-refractivity contribution in [3.63, 3.8) is 0 Å². The van der Waals surface area contributed by atoms with Crippen LogP contribution in [-0.4, -0.2) is 48.2 Å². The SMILES string of the molecule is CCOC(=O)C1CCCN(C(=O)/C=C(/C)C(=O)Nc2ccc(C(C)=O)cc2)C1. The van der Waals surface area contributed by atoms with Gasteiger partial charge in [-0.05, 0) is 57.9 Å². The number of piperidine rings is 1. The van der Waals surface area contributed by atoms with E-state index >= 15 is 0 Å². The molecule has 1 N–H and O–H groups in total. The van der Waals surface area contributed by atoms with Crippen LogP contribution in [0.1, 0.15) is 44.0 Å². The zero-order chi connectivity index (χ0) is 20.7. The average Bonchev–Trinajstić information content (AvgIpc) is 2.68. The number of benzene rings is 1. The Morgan fingerprint density at radius 3 is 2.46 bits per heavy atom. The number of likely N-dealkylation sites (tertiary alicyclic amines) is 1. The summed E-state index contributed by atoms with van der Waals surface area (Å²) in [6, 6.07) is 6.54. The van der Waals surface area contributed by atoms with Crippen molar-refractivity contribution in [2.45, 2.75) is 33.6 Å². The zero-order valence-electron chi connectivity index (χ0n) is 16.5. The average molecular weight is 386 g/mol. The topological polar surface area (TPSA) is 92.8 Å². The van der Waals surface area contributed by atoms with Crippen molar-refractivity contribution in [1.82, 2.24) is 4.90 Å². The summed E-state index contributed by atoms with van der Waals surface area (Å²) < 4.78 is 5.04. The molecule has 1 aromatic rings. The van der Waals surface area contributed by atoms with Gasteiger partial charge in [-0.3, -0.25) is 19.2 Å². The quantitative estimate of drug-likeness (QED) is 0.461. The van der Waals surface area contributed by atoms with Crippen molar-refractivity contribution >= 4 is 29.3 Å². The van der Waals surface area contributed by atoms with Crippen molar-refractivity contribution in [3.8, 4) is 0 Å². The number of rotatable bonds is 6. The first-order chi connectivity index (χ1) is 13.3. The Kier molecular flexibility index (Phi) is 7.49. The minimum atomic E-state index is -0.400. The van der Waals surface area contributed by atoms with E-state index in [4.69, 9.17) is 4.74 Å². The van der Waals surface area contributed by atoms with Gasteiger partial charge in [0.25, 0.3) is 5.91 Å². The third kappa shape index (κ3) is 5.77. The highest BCUT2D eigenvalue weighted by Gasteiger charge is 2.28. The lowest BCUT2D eigenvalue weighted by Crippen LogP contribution is -2.42. The molecule has 1 aliphatic rings. The van der Waals surface area contributed by atoms with E-state index in [1.54, 1.807) is 43.0 Å². The smallest absolute Gasteiger partial charge is 0.310 e. The summed E-state index contributed by atoms with van der Waals surface area (Å²) in [5.41, 5.74) is 1.36. The Hall–Kier alpha value is -2.96. The molecular formula is C21H26N2O5. The Bertz CT molecular complexity index is 782. The van der Waals surface area contributed by atoms with Crippen LogP contribution in [0.25, 0.3) is 0 Å². The molecule has 28 heavy (non-hydrogen) atoms. The van der Waals surface area contributed by atoms with Gasteiger partial charge >= 0.3 is 5.97 Å². The van der Waals surface area contributed by atoms with E-state index in [2.05, 4.69) is 5.32 Å². The second-order valence-electron chi connectivity index (χ2n) is 6.79. The van der Waals surface area contributed by atoms with Gasteiger partial charge in [-0.1, -0.05) is 0 Å². The van der Waals surface area contributed by atoms with Gasteiger partial charge in [0.15, 0.2) is 5.78 Å². The van der Waals surface area contributed by atoms with E-state index in [9.17, 15) is 19.2 Å². The molecule has 0 radical (unpaired) electrons. The molecule has 1 heterocycles. The molecule has 0 bridgehead atoms. The zero-order valence-corrected chi connectivity index (χ0v) is 16.5. The number of amides is 2. The number of carbonyl (C=O) groups is 4. The minimum absolute atomic E-state index is 0.0535. The van der Waals surface area contributed by atoms with Crippen LogP contribution < -0.4 is 5.32 Å². The molecule has 0 aromatic heterocycles. The summed E-state index contributed by atoms with van der Waals surface area (Å²) in [6.07, 6.45) is 2.70. The third-order valence-electron chi connectivity index (χ3n) is 4.60. The van der Waals surface area contributed by atoms with Crippen molar-refractivity contribution < 1.29 is 23.9 Å². The van der Waals surface area contributed by atoms with Crippen molar-refractivity contribution in [1.29, 1.82) is 0 Å². The second kappa shape index (κ2) is 9.82. The monoisotopic (exact) mass is 386 g/mol. The maximum atomic E-state index is 12.5. The molecule has 0 aliphatic carbocycles. The highest BCUT2D eigenvalue weighted by atomic mass is 16.5. The Morgan fingerprint density at radius 1 is 1.18 bits per heavy atom. The fourth-order valence-corrected chi connectivity index (χ4v) is 2.99. The van der Waals surface area contributed by atoms with Gasteiger partial charge in [-0.2, -0.15) is 0 Å². The summed E-state index contributed by atoms with van der Waals surface area (Å²) in [7, 11) is 0. The van der Waals surface area contributed by atoms with E-state index in [0.717, 1.165) is 6.42 Å². The van der Waals surface area contributed by atoms with Crippen LogP contribution in [0.4, 0.5) is 5.69 Å². The molecule has 1 atom stereocenters. The van der Waals surface area contributed by atoms with Crippen LogP contribution in [0.2, 0.25) is 0 Å². The van der Waals surface area contributed by atoms with Crippen LogP contribution in [0.15, 0.2) is 35.9 Å². The van der Waals surface area contributed by atoms with Gasteiger partial charge in [0.2, 0.25) is 5.91 Å². The molecule has 1 aliphatic heterocycles. The van der Waals surface area contributed by atoms with E-state index in [1.165, 1.54) is 13.0 Å². The first-order valence-corrected chi connectivity index (χ1v) is 9.38. The van der Waals surface area contributed by atoms with E-state index in [0.29, 0.717) is 37.4 Å². The molecule has 1 unspecified atom stereocenters. The van der Waals surface area contributed by atoms with Gasteiger partial charge in [0.05, 0.1) is 12.5 Å². The first-order valence-electron chi connectivity index (χ1n) is 9.38. The summed E-state index contributed by atoms with van der Waals surface area (Å²) in [4.78, 5) is 49.6. The Balaban J connectivity index is 1.97. The number of carbonyl (C=O) groups excluding carboxylic acids is 4. The predicted molar refractivity (Wildman–Crippen MR) is 105 cm³/mol. The van der Waals surface area contributed by atoms with Gasteiger partial charge in [0.1, 0.15) is 0 Å².